The van der Waals surface area contributed by atoms with Crippen LogP contribution in [0.25, 0.3) is 18.2 Å². The van der Waals surface area contributed by atoms with E-state index in [1.807, 2.05) is 26.0 Å². The third-order valence-corrected chi connectivity index (χ3v) is 9.95. The van der Waals surface area contributed by atoms with Gasteiger partial charge >= 0.3 is 11.9 Å². The van der Waals surface area contributed by atoms with E-state index in [2.05, 4.69) is 56.7 Å². The van der Waals surface area contributed by atoms with Crippen LogP contribution in [0.5, 0.6) is 0 Å². The van der Waals surface area contributed by atoms with Crippen molar-refractivity contribution in [2.45, 2.75) is 91.8 Å². The molecule has 9 nitrogen and oxygen atoms in total. The average molecular weight is 613 g/mol. The maximum Gasteiger partial charge on any atom is 0.303 e. The highest BCUT2D eigenvalue weighted by molar-refractivity contribution is 6.13. The maximum absolute atomic E-state index is 11.7. The molecule has 0 amide bonds. The van der Waals surface area contributed by atoms with Crippen molar-refractivity contribution in [1.29, 1.82) is 0 Å². The summed E-state index contributed by atoms with van der Waals surface area (Å²) in [7, 11) is 0. The highest BCUT2D eigenvalue weighted by Crippen LogP contribution is 2.41. The zero-order chi connectivity index (χ0) is 32.7. The van der Waals surface area contributed by atoms with E-state index in [1.54, 1.807) is 0 Å². The Morgan fingerprint density at radius 3 is 2.42 bits per heavy atom. The van der Waals surface area contributed by atoms with Crippen LogP contribution in [0.4, 0.5) is 0 Å². The Labute approximate surface area is 264 Å². The van der Waals surface area contributed by atoms with Crippen molar-refractivity contribution >= 4 is 41.6 Å². The Balaban J connectivity index is 1.80. The predicted octanol–water partition coefficient (Wildman–Crippen LogP) is 4.33. The quantitative estimate of drug-likeness (QED) is 0.280. The molecule has 5 heterocycles. The molecule has 238 valence electrons. The molecule has 0 saturated carbocycles. The van der Waals surface area contributed by atoms with Crippen LogP contribution in [0.15, 0.2) is 61.9 Å². The van der Waals surface area contributed by atoms with Gasteiger partial charge in [-0.1, -0.05) is 26.5 Å². The van der Waals surface area contributed by atoms with E-state index in [9.17, 15) is 24.9 Å². The topological polar surface area (TPSA) is 147 Å². The zero-order valence-corrected chi connectivity index (χ0v) is 27.0. The first-order valence-electron chi connectivity index (χ1n) is 15.8. The fraction of sp³-hybridized carbons (Fsp3) is 0.444. The highest BCUT2D eigenvalue weighted by atomic mass is 16.4. The number of nitrogens with zero attached hydrogens (tertiary/aromatic N) is 2. The SMILES string of the molecule is C=Cc1c(C)/c2[nH]/c1=C\C1N=C(/C=C3\NC(C(C(O)CCC(=O)O)=C3C)/C(C)=C3N=C(/C=2)C(C)C\3CCC(=O)O)C(CC)=C1C. The summed E-state index contributed by atoms with van der Waals surface area (Å²) in [6.07, 6.45) is 8.27. The molecule has 5 atom stereocenters. The predicted molar refractivity (Wildman–Crippen MR) is 178 cm³/mol. The molecule has 4 aliphatic heterocycles. The van der Waals surface area contributed by atoms with Crippen LogP contribution < -0.4 is 16.0 Å². The van der Waals surface area contributed by atoms with Crippen molar-refractivity contribution in [1.82, 2.24) is 10.3 Å². The monoisotopic (exact) mass is 612 g/mol. The van der Waals surface area contributed by atoms with Gasteiger partial charge in [0, 0.05) is 58.0 Å². The number of carboxylic acid groups (broad SMARTS) is 2. The van der Waals surface area contributed by atoms with E-state index in [1.165, 1.54) is 5.57 Å². The molecule has 9 heteroatoms. The number of allylic oxidation sites excluding steroid dienone is 4. The van der Waals surface area contributed by atoms with E-state index < -0.39 is 24.1 Å². The van der Waals surface area contributed by atoms with Crippen molar-refractivity contribution in [2.24, 2.45) is 21.8 Å². The number of rotatable bonds is 9. The van der Waals surface area contributed by atoms with Gasteiger partial charge in [-0.05, 0) is 98.6 Å². The number of aliphatic carboxylic acids is 2. The van der Waals surface area contributed by atoms with Crippen molar-refractivity contribution in [2.75, 3.05) is 0 Å². The van der Waals surface area contributed by atoms with Gasteiger partial charge in [0.15, 0.2) is 0 Å². The lowest BCUT2D eigenvalue weighted by Crippen LogP contribution is -2.32. The minimum absolute atomic E-state index is 0.00867. The van der Waals surface area contributed by atoms with Crippen LogP contribution in [0.2, 0.25) is 0 Å². The zero-order valence-electron chi connectivity index (χ0n) is 27.0. The largest absolute Gasteiger partial charge is 0.481 e. The number of aromatic nitrogens is 1. The summed E-state index contributed by atoms with van der Waals surface area (Å²) in [4.78, 5) is 37.0. The molecule has 5 rings (SSSR count). The van der Waals surface area contributed by atoms with Gasteiger partial charge in [-0.25, -0.2) is 0 Å². The third kappa shape index (κ3) is 5.93. The summed E-state index contributed by atoms with van der Waals surface area (Å²) in [6.45, 7) is 16.4. The Morgan fingerprint density at radius 1 is 1.07 bits per heavy atom. The fourth-order valence-corrected chi connectivity index (χ4v) is 7.27. The van der Waals surface area contributed by atoms with Gasteiger partial charge in [0.05, 0.1) is 23.9 Å². The molecule has 1 aromatic rings. The average Bonchev–Trinajstić information content (AvgIpc) is 3.67. The highest BCUT2D eigenvalue weighted by Gasteiger charge is 2.39. The van der Waals surface area contributed by atoms with Gasteiger partial charge < -0.3 is 25.6 Å². The minimum Gasteiger partial charge on any atom is -0.481 e. The molecule has 5 unspecified atom stereocenters. The molecular weight excluding hydrogens is 568 g/mol. The van der Waals surface area contributed by atoms with Crippen molar-refractivity contribution in [3.8, 4) is 0 Å². The Hall–Kier alpha value is -4.24. The number of hydrogen-bond acceptors (Lipinski definition) is 6. The summed E-state index contributed by atoms with van der Waals surface area (Å²) in [5, 5.41) is 35.9. The molecule has 5 N–H and O–H groups in total. The molecule has 8 bridgehead atoms. The number of aliphatic imine (C=N–C) groups is 2. The minimum atomic E-state index is -0.986. The first kappa shape index (κ1) is 32.2. The number of aromatic amines is 1. The summed E-state index contributed by atoms with van der Waals surface area (Å²) in [5.74, 6) is -2.02. The number of carbonyl (C=O) groups is 2. The van der Waals surface area contributed by atoms with E-state index in [0.717, 1.165) is 73.4 Å². The molecule has 4 aliphatic rings. The molecule has 0 fully saturated rings. The molecule has 0 spiro atoms. The lowest BCUT2D eigenvalue weighted by atomic mass is 9.83. The Bertz CT molecular complexity index is 1780. The molecule has 0 aliphatic carbocycles. The van der Waals surface area contributed by atoms with E-state index in [4.69, 9.17) is 9.98 Å². The normalized spacial score (nSPS) is 29.2. The second-order valence-electron chi connectivity index (χ2n) is 12.6. The maximum atomic E-state index is 11.7. The number of aliphatic hydroxyl groups excluding tert-OH is 1. The van der Waals surface area contributed by atoms with Crippen LogP contribution in [-0.2, 0) is 9.59 Å². The van der Waals surface area contributed by atoms with Crippen molar-refractivity contribution < 1.29 is 24.9 Å². The van der Waals surface area contributed by atoms with Crippen LogP contribution >= 0.6 is 0 Å². The standard InChI is InChI=1S/C36H44N4O5/c1-8-22-17(3)25-14-27-19(5)24(10-12-32(42)43)35(39-27)21(7)36-34(31(41)11-13-33(44)45)20(6)28(40-36)16-30-23(9-2)18(4)26(38-30)15-29(22)37-25/h8,14-16,19,24,26,31,36-37,40-41H,1,9-13H2,2-7H3,(H,42,43)(H,44,45)/b25-14+,28-16-,29-15-,35-21-. The lowest BCUT2D eigenvalue weighted by molar-refractivity contribution is -0.138. The van der Waals surface area contributed by atoms with Crippen LogP contribution in [0, 0.1) is 18.8 Å². The summed E-state index contributed by atoms with van der Waals surface area (Å²) >= 11 is 0. The number of H-pyrrole nitrogens is 1. The van der Waals surface area contributed by atoms with Crippen LogP contribution in [-0.4, -0.2) is 61.9 Å². The fourth-order valence-electron chi connectivity index (χ4n) is 7.27. The second kappa shape index (κ2) is 12.6. The van der Waals surface area contributed by atoms with Gasteiger partial charge in [0.25, 0.3) is 0 Å². The van der Waals surface area contributed by atoms with E-state index in [0.29, 0.717) is 6.42 Å². The molecular formula is C36H44N4O5. The first-order valence-corrected chi connectivity index (χ1v) is 15.8. The number of carboxylic acids is 2. The van der Waals surface area contributed by atoms with Gasteiger partial charge in [-0.2, -0.15) is 0 Å². The molecule has 1 aromatic heterocycles. The summed E-state index contributed by atoms with van der Waals surface area (Å²) in [6, 6.07) is -0.598. The third-order valence-electron chi connectivity index (χ3n) is 9.95. The lowest BCUT2D eigenvalue weighted by Gasteiger charge is -2.25. The van der Waals surface area contributed by atoms with E-state index >= 15 is 0 Å². The van der Waals surface area contributed by atoms with Crippen molar-refractivity contribution in [3.05, 3.63) is 73.7 Å². The molecule has 0 saturated heterocycles. The molecule has 45 heavy (non-hydrogen) atoms. The molecule has 0 radical (unpaired) electrons. The summed E-state index contributed by atoms with van der Waals surface area (Å²) < 4.78 is 0. The number of fused-ring (bicyclic) bond motifs is 6. The number of hydrogen-bond donors (Lipinski definition) is 5. The van der Waals surface area contributed by atoms with Crippen LogP contribution in [0.3, 0.4) is 0 Å². The second-order valence-corrected chi connectivity index (χ2v) is 12.6. The van der Waals surface area contributed by atoms with Crippen molar-refractivity contribution in [3.63, 3.8) is 0 Å². The Kier molecular flexibility index (Phi) is 9.03. The molecule has 0 aromatic carbocycles. The number of nitrogens with one attached hydrogen (secondary N) is 2. The smallest absolute Gasteiger partial charge is 0.303 e. The van der Waals surface area contributed by atoms with Gasteiger partial charge in [0.1, 0.15) is 0 Å². The Morgan fingerprint density at radius 2 is 1.78 bits per heavy atom. The first-order chi connectivity index (χ1) is 21.4. The van der Waals surface area contributed by atoms with E-state index in [-0.39, 0.29) is 37.1 Å². The van der Waals surface area contributed by atoms with Gasteiger partial charge in [-0.3, -0.25) is 19.6 Å². The van der Waals surface area contributed by atoms with Crippen LogP contribution in [0.1, 0.15) is 77.8 Å². The number of aliphatic hydroxyl groups is 1. The van der Waals surface area contributed by atoms with Gasteiger partial charge in [0.2, 0.25) is 0 Å². The van der Waals surface area contributed by atoms with Gasteiger partial charge in [-0.15, -0.1) is 0 Å². The summed E-state index contributed by atoms with van der Waals surface area (Å²) in [5.41, 5.74) is 10.2.